The monoisotopic (exact) mass is 296 g/mol. The highest BCUT2D eigenvalue weighted by Gasteiger charge is 2.22. The topological polar surface area (TPSA) is 83.1 Å². The maximum absolute atomic E-state index is 4.32. The molecule has 2 N–H and O–H groups in total. The Kier molecular flexibility index (Phi) is 2.97. The smallest absolute Gasteiger partial charge is 0.148 e. The summed E-state index contributed by atoms with van der Waals surface area (Å²) in [4.78, 5) is 11.6. The lowest BCUT2D eigenvalue weighted by Gasteiger charge is -2.13. The van der Waals surface area contributed by atoms with Gasteiger partial charge in [0, 0.05) is 24.5 Å². The van der Waals surface area contributed by atoms with E-state index in [0.717, 1.165) is 17.8 Å². The summed E-state index contributed by atoms with van der Waals surface area (Å²) in [6, 6.07) is 4.06. The number of nitrogens with one attached hydrogen (secondary N) is 2. The Bertz CT molecular complexity index is 833. The van der Waals surface area contributed by atoms with Gasteiger partial charge in [0.2, 0.25) is 0 Å². The number of rotatable bonds is 4. The van der Waals surface area contributed by atoms with Crippen molar-refractivity contribution in [3.05, 3.63) is 59.3 Å². The molecule has 0 radical (unpaired) electrons. The fourth-order valence-corrected chi connectivity index (χ4v) is 3.36. The predicted molar refractivity (Wildman–Crippen MR) is 80.1 cm³/mol. The maximum Gasteiger partial charge on any atom is 0.148 e. The average molecular weight is 296 g/mol. The van der Waals surface area contributed by atoms with E-state index in [0.29, 0.717) is 0 Å². The van der Waals surface area contributed by atoms with Crippen LogP contribution in [0.4, 0.5) is 0 Å². The molecular formula is C14H12N6S. The van der Waals surface area contributed by atoms with Crippen LogP contribution in [0.25, 0.3) is 10.3 Å². The van der Waals surface area contributed by atoms with E-state index < -0.39 is 0 Å². The molecule has 0 aliphatic carbocycles. The third-order valence-electron chi connectivity index (χ3n) is 3.55. The third-order valence-corrected chi connectivity index (χ3v) is 4.42. The SMILES string of the molecule is c1cc(CC(c2cn[nH]n2)c2c[nH]c3ncsc23)ccn1. The number of nitrogens with zero attached hydrogens (tertiary/aromatic N) is 4. The standard InChI is InChI=1S/C14H12N6S/c1-3-15-4-2-9(1)5-10(12-7-18-20-19-12)11-6-16-14-13(11)21-8-17-14/h1-4,6-8,10,16H,5H2,(H,18,19,20). The molecule has 0 saturated heterocycles. The minimum Gasteiger partial charge on any atom is -0.345 e. The fourth-order valence-electron chi connectivity index (χ4n) is 2.53. The highest BCUT2D eigenvalue weighted by molar-refractivity contribution is 7.16. The van der Waals surface area contributed by atoms with Gasteiger partial charge in [0.25, 0.3) is 0 Å². The lowest BCUT2D eigenvalue weighted by Crippen LogP contribution is -2.05. The van der Waals surface area contributed by atoms with Crippen molar-refractivity contribution >= 4 is 21.7 Å². The van der Waals surface area contributed by atoms with Gasteiger partial charge >= 0.3 is 0 Å². The Morgan fingerprint density at radius 3 is 2.95 bits per heavy atom. The van der Waals surface area contributed by atoms with Crippen molar-refractivity contribution in [3.8, 4) is 0 Å². The zero-order valence-corrected chi connectivity index (χ0v) is 11.8. The summed E-state index contributed by atoms with van der Waals surface area (Å²) in [5.41, 5.74) is 6.14. The molecule has 0 bridgehead atoms. The van der Waals surface area contributed by atoms with Crippen molar-refractivity contribution in [2.75, 3.05) is 0 Å². The van der Waals surface area contributed by atoms with Crippen molar-refractivity contribution < 1.29 is 0 Å². The molecule has 6 nitrogen and oxygen atoms in total. The van der Waals surface area contributed by atoms with Crippen LogP contribution in [-0.2, 0) is 6.42 Å². The van der Waals surface area contributed by atoms with Gasteiger partial charge in [0.05, 0.1) is 22.1 Å². The molecule has 104 valence electrons. The van der Waals surface area contributed by atoms with E-state index in [1.807, 2.05) is 36.2 Å². The Morgan fingerprint density at radius 1 is 1.24 bits per heavy atom. The number of hydrogen-bond donors (Lipinski definition) is 2. The molecule has 0 aliphatic heterocycles. The van der Waals surface area contributed by atoms with Crippen molar-refractivity contribution in [2.45, 2.75) is 12.3 Å². The number of aromatic nitrogens is 6. The van der Waals surface area contributed by atoms with Crippen LogP contribution in [0, 0.1) is 0 Å². The second kappa shape index (κ2) is 5.10. The Hall–Kier alpha value is -2.54. The zero-order valence-electron chi connectivity index (χ0n) is 11.0. The maximum atomic E-state index is 4.32. The number of hydrogen-bond acceptors (Lipinski definition) is 5. The van der Waals surface area contributed by atoms with Crippen LogP contribution in [0.1, 0.15) is 22.7 Å². The molecule has 7 heteroatoms. The van der Waals surface area contributed by atoms with Gasteiger partial charge in [-0.25, -0.2) is 4.98 Å². The van der Waals surface area contributed by atoms with Crippen molar-refractivity contribution in [1.29, 1.82) is 0 Å². The second-order valence-electron chi connectivity index (χ2n) is 4.78. The van der Waals surface area contributed by atoms with Crippen LogP contribution in [0.2, 0.25) is 0 Å². The summed E-state index contributed by atoms with van der Waals surface area (Å²) in [7, 11) is 0. The van der Waals surface area contributed by atoms with Crippen molar-refractivity contribution in [1.82, 2.24) is 30.4 Å². The lowest BCUT2D eigenvalue weighted by molar-refractivity contribution is 0.768. The summed E-state index contributed by atoms with van der Waals surface area (Å²) in [6.07, 6.45) is 8.28. The van der Waals surface area contributed by atoms with Crippen molar-refractivity contribution in [2.24, 2.45) is 0 Å². The first kappa shape index (κ1) is 12.2. The van der Waals surface area contributed by atoms with Gasteiger partial charge in [-0.15, -0.1) is 11.3 Å². The highest BCUT2D eigenvalue weighted by atomic mass is 32.1. The minimum absolute atomic E-state index is 0.139. The number of H-pyrrole nitrogens is 2. The molecule has 1 atom stereocenters. The van der Waals surface area contributed by atoms with E-state index in [1.165, 1.54) is 15.8 Å². The van der Waals surface area contributed by atoms with Crippen LogP contribution >= 0.6 is 11.3 Å². The summed E-state index contributed by atoms with van der Waals surface area (Å²) < 4.78 is 1.18. The first-order chi connectivity index (χ1) is 10.4. The summed E-state index contributed by atoms with van der Waals surface area (Å²) in [5, 5.41) is 10.9. The normalized spacial score (nSPS) is 12.8. The molecule has 0 saturated carbocycles. The van der Waals surface area contributed by atoms with Gasteiger partial charge in [-0.05, 0) is 29.7 Å². The first-order valence-corrected chi connectivity index (χ1v) is 7.45. The van der Waals surface area contributed by atoms with Gasteiger partial charge in [-0.3, -0.25) is 4.98 Å². The molecule has 4 aromatic heterocycles. The first-order valence-electron chi connectivity index (χ1n) is 6.57. The number of pyridine rings is 1. The molecule has 4 heterocycles. The molecule has 0 spiro atoms. The summed E-state index contributed by atoms with van der Waals surface area (Å²) >= 11 is 1.64. The lowest BCUT2D eigenvalue weighted by atomic mass is 9.91. The van der Waals surface area contributed by atoms with Crippen molar-refractivity contribution in [3.63, 3.8) is 0 Å². The Morgan fingerprint density at radius 2 is 2.14 bits per heavy atom. The number of aromatic amines is 2. The molecule has 0 amide bonds. The van der Waals surface area contributed by atoms with Crippen LogP contribution in [0.5, 0.6) is 0 Å². The molecule has 4 aromatic rings. The quantitative estimate of drug-likeness (QED) is 0.606. The Labute approximate surface area is 124 Å². The van der Waals surface area contributed by atoms with Crippen LogP contribution in [0.3, 0.4) is 0 Å². The van der Waals surface area contributed by atoms with E-state index in [1.54, 1.807) is 17.5 Å². The van der Waals surface area contributed by atoms with E-state index in [2.05, 4.69) is 30.4 Å². The molecule has 21 heavy (non-hydrogen) atoms. The van der Waals surface area contributed by atoms with Gasteiger partial charge in [0.15, 0.2) is 0 Å². The molecule has 1 unspecified atom stereocenters. The van der Waals surface area contributed by atoms with E-state index in [4.69, 9.17) is 0 Å². The zero-order chi connectivity index (χ0) is 14.1. The van der Waals surface area contributed by atoms with Gasteiger partial charge in [0.1, 0.15) is 5.65 Å². The molecule has 0 fully saturated rings. The highest BCUT2D eigenvalue weighted by Crippen LogP contribution is 2.33. The molecular weight excluding hydrogens is 284 g/mol. The third kappa shape index (κ3) is 2.21. The number of thiazole rings is 1. The van der Waals surface area contributed by atoms with E-state index in [9.17, 15) is 0 Å². The Balaban J connectivity index is 1.79. The van der Waals surface area contributed by atoms with Crippen LogP contribution in [-0.4, -0.2) is 30.4 Å². The predicted octanol–water partition coefficient (Wildman–Crippen LogP) is 2.51. The van der Waals surface area contributed by atoms with Crippen LogP contribution < -0.4 is 0 Å². The fraction of sp³-hybridized carbons (Fsp3) is 0.143. The largest absolute Gasteiger partial charge is 0.345 e. The van der Waals surface area contributed by atoms with E-state index >= 15 is 0 Å². The molecule has 0 aromatic carbocycles. The summed E-state index contributed by atoms with van der Waals surface area (Å²) in [6.45, 7) is 0. The van der Waals surface area contributed by atoms with Gasteiger partial charge in [-0.2, -0.15) is 15.4 Å². The number of fused-ring (bicyclic) bond motifs is 1. The summed E-state index contributed by atoms with van der Waals surface area (Å²) in [5.74, 6) is 0.139. The van der Waals surface area contributed by atoms with E-state index in [-0.39, 0.29) is 5.92 Å². The van der Waals surface area contributed by atoms with Gasteiger partial charge in [-0.1, -0.05) is 0 Å². The molecule has 4 rings (SSSR count). The minimum atomic E-state index is 0.139. The van der Waals surface area contributed by atoms with Gasteiger partial charge < -0.3 is 4.98 Å². The second-order valence-corrected chi connectivity index (χ2v) is 5.64. The average Bonchev–Trinajstić information content (AvgIpc) is 3.24. The van der Waals surface area contributed by atoms with Crippen LogP contribution in [0.15, 0.2) is 42.4 Å². The molecule has 0 aliphatic rings.